The van der Waals surface area contributed by atoms with Gasteiger partial charge >= 0.3 is 5.97 Å². The third kappa shape index (κ3) is 4.31. The third-order valence-corrected chi connectivity index (χ3v) is 4.32. The van der Waals surface area contributed by atoms with Crippen LogP contribution in [-0.2, 0) is 13.0 Å². The molecule has 0 aliphatic rings. The summed E-state index contributed by atoms with van der Waals surface area (Å²) in [6, 6.07) is 15.0. The molecule has 0 saturated carbocycles. The van der Waals surface area contributed by atoms with Crippen molar-refractivity contribution in [3.05, 3.63) is 77.4 Å². The molecule has 1 aromatic heterocycles. The standard InChI is InChI=1S/C22H23N3O2/c1-3-5-10-21-23-20(4-2)24-25(21)15-16-11-13-17(14-12-16)18-8-6-7-9-19(18)22(26)27/h5-14H,3-4,15H2,1-2H3,(H,26,27). The summed E-state index contributed by atoms with van der Waals surface area (Å²) >= 11 is 0. The lowest BCUT2D eigenvalue weighted by atomic mass is 9.99. The molecule has 1 heterocycles. The zero-order chi connectivity index (χ0) is 19.2. The van der Waals surface area contributed by atoms with E-state index in [1.165, 1.54) is 0 Å². The van der Waals surface area contributed by atoms with Crippen molar-refractivity contribution in [1.29, 1.82) is 0 Å². The lowest BCUT2D eigenvalue weighted by molar-refractivity contribution is 0.0697. The fraction of sp³-hybridized carbons (Fsp3) is 0.227. The number of allylic oxidation sites excluding steroid dienone is 1. The van der Waals surface area contributed by atoms with E-state index in [1.54, 1.807) is 12.1 Å². The van der Waals surface area contributed by atoms with Crippen LogP contribution in [0, 0.1) is 0 Å². The molecular formula is C22H23N3O2. The van der Waals surface area contributed by atoms with Gasteiger partial charge in [0, 0.05) is 6.42 Å². The van der Waals surface area contributed by atoms with Crippen LogP contribution in [-0.4, -0.2) is 25.8 Å². The maximum Gasteiger partial charge on any atom is 0.336 e. The molecule has 138 valence electrons. The number of hydrogen-bond donors (Lipinski definition) is 1. The Morgan fingerprint density at radius 1 is 1.11 bits per heavy atom. The molecule has 1 N–H and O–H groups in total. The number of benzene rings is 2. The molecular weight excluding hydrogens is 338 g/mol. The fourth-order valence-electron chi connectivity index (χ4n) is 2.90. The second kappa shape index (κ2) is 8.45. The predicted octanol–water partition coefficient (Wildman–Crippen LogP) is 4.68. The van der Waals surface area contributed by atoms with Gasteiger partial charge in [0.05, 0.1) is 12.1 Å². The topological polar surface area (TPSA) is 68.0 Å². The van der Waals surface area contributed by atoms with Crippen molar-refractivity contribution in [2.75, 3.05) is 0 Å². The summed E-state index contributed by atoms with van der Waals surface area (Å²) in [6.45, 7) is 4.75. The molecule has 5 heteroatoms. The molecule has 0 aliphatic carbocycles. The number of hydrogen-bond acceptors (Lipinski definition) is 3. The van der Waals surface area contributed by atoms with E-state index in [9.17, 15) is 9.90 Å². The molecule has 0 unspecified atom stereocenters. The molecule has 0 bridgehead atoms. The number of carboxylic acids is 1. The number of aryl methyl sites for hydroxylation is 1. The van der Waals surface area contributed by atoms with Gasteiger partial charge in [-0.05, 0) is 35.3 Å². The van der Waals surface area contributed by atoms with Gasteiger partial charge in [-0.2, -0.15) is 5.10 Å². The van der Waals surface area contributed by atoms with E-state index in [0.29, 0.717) is 12.1 Å². The molecule has 0 atom stereocenters. The van der Waals surface area contributed by atoms with E-state index < -0.39 is 5.97 Å². The molecule has 0 radical (unpaired) electrons. The maximum absolute atomic E-state index is 11.4. The first-order valence-corrected chi connectivity index (χ1v) is 9.14. The lowest BCUT2D eigenvalue weighted by Gasteiger charge is -2.08. The van der Waals surface area contributed by atoms with Gasteiger partial charge in [0.2, 0.25) is 0 Å². The van der Waals surface area contributed by atoms with Gasteiger partial charge in [-0.1, -0.05) is 62.4 Å². The molecule has 0 saturated heterocycles. The van der Waals surface area contributed by atoms with Crippen molar-refractivity contribution in [2.45, 2.75) is 33.2 Å². The Balaban J connectivity index is 1.86. The number of aromatic nitrogens is 3. The zero-order valence-corrected chi connectivity index (χ0v) is 15.6. The molecule has 27 heavy (non-hydrogen) atoms. The summed E-state index contributed by atoms with van der Waals surface area (Å²) in [4.78, 5) is 16.0. The van der Waals surface area contributed by atoms with Gasteiger partial charge in [-0.25, -0.2) is 14.5 Å². The van der Waals surface area contributed by atoms with Gasteiger partial charge in [0.15, 0.2) is 11.6 Å². The number of carboxylic acid groups (broad SMARTS) is 1. The first-order chi connectivity index (χ1) is 13.1. The summed E-state index contributed by atoms with van der Waals surface area (Å²) in [6.07, 6.45) is 5.83. The van der Waals surface area contributed by atoms with E-state index in [1.807, 2.05) is 54.1 Å². The Morgan fingerprint density at radius 3 is 2.52 bits per heavy atom. The SMILES string of the molecule is CCC=Cc1nc(CC)nn1Cc1ccc(-c2ccccc2C(=O)O)cc1. The summed E-state index contributed by atoms with van der Waals surface area (Å²) in [5.74, 6) is 0.767. The minimum Gasteiger partial charge on any atom is -0.478 e. The molecule has 0 fully saturated rings. The van der Waals surface area contributed by atoms with Crippen molar-refractivity contribution < 1.29 is 9.90 Å². The van der Waals surface area contributed by atoms with Crippen LogP contribution in [0.1, 0.15) is 47.8 Å². The summed E-state index contributed by atoms with van der Waals surface area (Å²) < 4.78 is 1.91. The normalized spacial score (nSPS) is 11.2. The van der Waals surface area contributed by atoms with E-state index in [4.69, 9.17) is 0 Å². The van der Waals surface area contributed by atoms with Gasteiger partial charge < -0.3 is 5.11 Å². The smallest absolute Gasteiger partial charge is 0.336 e. The Kier molecular flexibility index (Phi) is 5.81. The average molecular weight is 361 g/mol. The van der Waals surface area contributed by atoms with Crippen molar-refractivity contribution in [3.63, 3.8) is 0 Å². The maximum atomic E-state index is 11.4. The quantitative estimate of drug-likeness (QED) is 0.663. The van der Waals surface area contributed by atoms with Gasteiger partial charge in [0.1, 0.15) is 0 Å². The van der Waals surface area contributed by atoms with E-state index >= 15 is 0 Å². The van der Waals surface area contributed by atoms with Crippen molar-refractivity contribution in [2.24, 2.45) is 0 Å². The largest absolute Gasteiger partial charge is 0.478 e. The number of carbonyl (C=O) groups is 1. The second-order valence-corrected chi connectivity index (χ2v) is 6.26. The molecule has 5 nitrogen and oxygen atoms in total. The molecule has 0 spiro atoms. The van der Waals surface area contributed by atoms with Crippen molar-refractivity contribution in [1.82, 2.24) is 14.8 Å². The minimum absolute atomic E-state index is 0.307. The monoisotopic (exact) mass is 361 g/mol. The Labute approximate surface area is 159 Å². The van der Waals surface area contributed by atoms with E-state index in [0.717, 1.165) is 41.2 Å². The van der Waals surface area contributed by atoms with Crippen LogP contribution >= 0.6 is 0 Å². The second-order valence-electron chi connectivity index (χ2n) is 6.26. The van der Waals surface area contributed by atoms with Crippen LogP contribution in [0.25, 0.3) is 17.2 Å². The van der Waals surface area contributed by atoms with Crippen LogP contribution in [0.4, 0.5) is 0 Å². The predicted molar refractivity (Wildman–Crippen MR) is 107 cm³/mol. The molecule has 0 aliphatic heterocycles. The summed E-state index contributed by atoms with van der Waals surface area (Å²) in [5, 5.41) is 13.9. The first kappa shape index (κ1) is 18.6. The highest BCUT2D eigenvalue weighted by atomic mass is 16.4. The van der Waals surface area contributed by atoms with Crippen molar-refractivity contribution >= 4 is 12.0 Å². The van der Waals surface area contributed by atoms with Gasteiger partial charge in [-0.3, -0.25) is 0 Å². The molecule has 2 aromatic carbocycles. The van der Waals surface area contributed by atoms with Crippen LogP contribution in [0.3, 0.4) is 0 Å². The minimum atomic E-state index is -0.920. The Bertz CT molecular complexity index is 956. The average Bonchev–Trinajstić information content (AvgIpc) is 3.08. The number of aromatic carboxylic acids is 1. The van der Waals surface area contributed by atoms with E-state index in [2.05, 4.69) is 23.1 Å². The molecule has 3 rings (SSSR count). The highest BCUT2D eigenvalue weighted by molar-refractivity contribution is 5.95. The summed E-state index contributed by atoms with van der Waals surface area (Å²) in [5.41, 5.74) is 3.00. The van der Waals surface area contributed by atoms with Crippen LogP contribution in [0.2, 0.25) is 0 Å². The molecule has 3 aromatic rings. The Morgan fingerprint density at radius 2 is 1.85 bits per heavy atom. The van der Waals surface area contributed by atoms with Crippen LogP contribution in [0.5, 0.6) is 0 Å². The van der Waals surface area contributed by atoms with Crippen LogP contribution in [0.15, 0.2) is 54.6 Å². The number of nitrogens with zero attached hydrogens (tertiary/aromatic N) is 3. The lowest BCUT2D eigenvalue weighted by Crippen LogP contribution is -2.04. The van der Waals surface area contributed by atoms with Crippen molar-refractivity contribution in [3.8, 4) is 11.1 Å². The number of rotatable bonds is 7. The van der Waals surface area contributed by atoms with E-state index in [-0.39, 0.29) is 0 Å². The first-order valence-electron chi connectivity index (χ1n) is 9.14. The van der Waals surface area contributed by atoms with Gasteiger partial charge in [-0.15, -0.1) is 0 Å². The summed E-state index contributed by atoms with van der Waals surface area (Å²) in [7, 11) is 0. The highest BCUT2D eigenvalue weighted by Crippen LogP contribution is 2.24. The van der Waals surface area contributed by atoms with Crippen LogP contribution < -0.4 is 0 Å². The fourth-order valence-corrected chi connectivity index (χ4v) is 2.90. The third-order valence-electron chi connectivity index (χ3n) is 4.32. The molecule has 0 amide bonds. The van der Waals surface area contributed by atoms with Gasteiger partial charge in [0.25, 0.3) is 0 Å². The Hall–Kier alpha value is -3.21. The highest BCUT2D eigenvalue weighted by Gasteiger charge is 2.11. The zero-order valence-electron chi connectivity index (χ0n) is 15.6.